The summed E-state index contributed by atoms with van der Waals surface area (Å²) in [5, 5.41) is 4.18. The van der Waals surface area contributed by atoms with Crippen LogP contribution in [0.5, 0.6) is 0 Å². The summed E-state index contributed by atoms with van der Waals surface area (Å²) in [6.45, 7) is 3.70. The molecule has 2 fully saturated rings. The number of amides is 1. The predicted molar refractivity (Wildman–Crippen MR) is 96.0 cm³/mol. The Hall–Kier alpha value is -2.41. The Morgan fingerprint density at radius 3 is 2.92 bits per heavy atom. The normalized spacial score (nSPS) is 18.7. The Morgan fingerprint density at radius 1 is 1.27 bits per heavy atom. The van der Waals surface area contributed by atoms with E-state index < -0.39 is 0 Å². The minimum atomic E-state index is -0.242. The highest BCUT2D eigenvalue weighted by Gasteiger charge is 2.28. The van der Waals surface area contributed by atoms with E-state index >= 15 is 0 Å². The van der Waals surface area contributed by atoms with E-state index in [9.17, 15) is 9.59 Å². The molecule has 4 rings (SSSR count). The van der Waals surface area contributed by atoms with E-state index in [1.165, 1.54) is 17.4 Å². The van der Waals surface area contributed by atoms with Gasteiger partial charge in [0.05, 0.1) is 5.69 Å². The molecule has 2 aliphatic rings. The quantitative estimate of drug-likeness (QED) is 0.832. The molecule has 0 aromatic carbocycles. The maximum absolute atomic E-state index is 12.7. The van der Waals surface area contributed by atoms with Crippen molar-refractivity contribution in [3.63, 3.8) is 0 Å². The zero-order valence-electron chi connectivity index (χ0n) is 15.1. The number of nitrogens with zero attached hydrogens (tertiary/aromatic N) is 4. The van der Waals surface area contributed by atoms with Gasteiger partial charge in [0, 0.05) is 58.0 Å². The summed E-state index contributed by atoms with van der Waals surface area (Å²) in [7, 11) is 1.66. The topological polar surface area (TPSA) is 71.6 Å². The fourth-order valence-electron chi connectivity index (χ4n) is 3.45. The summed E-state index contributed by atoms with van der Waals surface area (Å²) in [5.41, 5.74) is 0.964. The van der Waals surface area contributed by atoms with E-state index in [1.807, 2.05) is 0 Å². The first kappa shape index (κ1) is 17.0. The van der Waals surface area contributed by atoms with Crippen molar-refractivity contribution in [3.05, 3.63) is 51.8 Å². The molecule has 0 radical (unpaired) electrons. The Bertz CT molecular complexity index is 852. The van der Waals surface area contributed by atoms with Crippen LogP contribution in [0.1, 0.15) is 47.0 Å². The number of aromatic nitrogens is 2. The van der Waals surface area contributed by atoms with Gasteiger partial charge in [-0.1, -0.05) is 5.16 Å². The summed E-state index contributed by atoms with van der Waals surface area (Å²) >= 11 is 0. The fraction of sp³-hybridized carbons (Fsp3) is 0.526. The zero-order chi connectivity index (χ0) is 18.1. The first-order valence-corrected chi connectivity index (χ1v) is 9.24. The largest absolute Gasteiger partial charge is 0.361 e. The monoisotopic (exact) mass is 356 g/mol. The molecule has 7 nitrogen and oxygen atoms in total. The number of pyridine rings is 1. The molecule has 1 aliphatic carbocycles. The third-order valence-corrected chi connectivity index (χ3v) is 5.17. The summed E-state index contributed by atoms with van der Waals surface area (Å²) in [5.74, 6) is 1.40. The molecule has 1 amide bonds. The number of hydrogen-bond acceptors (Lipinski definition) is 5. The zero-order valence-corrected chi connectivity index (χ0v) is 15.1. The fourth-order valence-corrected chi connectivity index (χ4v) is 3.45. The van der Waals surface area contributed by atoms with Crippen molar-refractivity contribution in [2.75, 3.05) is 26.2 Å². The number of hydrogen-bond donors (Lipinski definition) is 0. The lowest BCUT2D eigenvalue weighted by Crippen LogP contribution is -2.38. The van der Waals surface area contributed by atoms with Crippen LogP contribution in [0.2, 0.25) is 0 Å². The molecule has 0 spiro atoms. The number of rotatable bonds is 4. The highest BCUT2D eigenvalue weighted by Crippen LogP contribution is 2.40. The van der Waals surface area contributed by atoms with Crippen LogP contribution in [0.3, 0.4) is 0 Å². The predicted octanol–water partition coefficient (Wildman–Crippen LogP) is 1.60. The van der Waals surface area contributed by atoms with Gasteiger partial charge in [0.2, 0.25) is 0 Å². The molecular weight excluding hydrogens is 332 g/mol. The summed E-state index contributed by atoms with van der Waals surface area (Å²) in [6, 6.07) is 5.42. The van der Waals surface area contributed by atoms with Crippen molar-refractivity contribution >= 4 is 5.91 Å². The molecule has 0 N–H and O–H groups in total. The van der Waals surface area contributed by atoms with Gasteiger partial charge in [0.15, 0.2) is 0 Å². The Balaban J connectivity index is 1.38. The van der Waals surface area contributed by atoms with E-state index in [0.29, 0.717) is 19.0 Å². The van der Waals surface area contributed by atoms with Gasteiger partial charge in [-0.3, -0.25) is 14.5 Å². The molecule has 1 saturated carbocycles. The minimum absolute atomic E-state index is 0.175. The van der Waals surface area contributed by atoms with Crippen LogP contribution in [0.4, 0.5) is 0 Å². The van der Waals surface area contributed by atoms with E-state index in [-0.39, 0.29) is 17.0 Å². The van der Waals surface area contributed by atoms with Gasteiger partial charge in [0.1, 0.15) is 11.3 Å². The van der Waals surface area contributed by atoms with Crippen LogP contribution in [0, 0.1) is 0 Å². The van der Waals surface area contributed by atoms with Gasteiger partial charge in [-0.2, -0.15) is 0 Å². The van der Waals surface area contributed by atoms with Crippen LogP contribution >= 0.6 is 0 Å². The van der Waals surface area contributed by atoms with E-state index in [0.717, 1.165) is 37.5 Å². The Labute approximate surface area is 152 Å². The van der Waals surface area contributed by atoms with Crippen LogP contribution in [0.15, 0.2) is 33.7 Å². The number of carbonyl (C=O) groups is 1. The molecule has 1 aliphatic heterocycles. The maximum Gasteiger partial charge on any atom is 0.263 e. The van der Waals surface area contributed by atoms with Crippen molar-refractivity contribution in [1.29, 1.82) is 0 Å². The number of carbonyl (C=O) groups excluding carboxylic acids is 1. The van der Waals surface area contributed by atoms with Crippen LogP contribution in [-0.2, 0) is 13.6 Å². The molecule has 26 heavy (non-hydrogen) atoms. The Kier molecular flexibility index (Phi) is 4.63. The second-order valence-corrected chi connectivity index (χ2v) is 7.25. The summed E-state index contributed by atoms with van der Waals surface area (Å²) in [6.07, 6.45) is 4.95. The molecule has 2 aromatic rings. The third-order valence-electron chi connectivity index (χ3n) is 5.17. The van der Waals surface area contributed by atoms with Crippen LogP contribution in [0.25, 0.3) is 0 Å². The van der Waals surface area contributed by atoms with Gasteiger partial charge in [-0.05, 0) is 31.4 Å². The van der Waals surface area contributed by atoms with E-state index in [4.69, 9.17) is 4.52 Å². The van der Waals surface area contributed by atoms with E-state index in [1.54, 1.807) is 30.3 Å². The molecule has 2 aromatic heterocycles. The third kappa shape index (κ3) is 3.58. The minimum Gasteiger partial charge on any atom is -0.361 e. The van der Waals surface area contributed by atoms with E-state index in [2.05, 4.69) is 16.1 Å². The highest BCUT2D eigenvalue weighted by molar-refractivity contribution is 5.93. The van der Waals surface area contributed by atoms with Crippen molar-refractivity contribution in [2.24, 2.45) is 7.05 Å². The standard InChI is InChI=1S/C19H24N4O3/c1-21-7-2-4-16(18(21)24)19(25)23-9-3-8-22(10-11-23)13-15-12-17(26-20-15)14-5-6-14/h2,4,7,12,14H,3,5-6,8-11,13H2,1H3. The first-order chi connectivity index (χ1) is 12.6. The SMILES string of the molecule is Cn1cccc(C(=O)N2CCCN(Cc3cc(C4CC4)on3)CC2)c1=O. The number of aryl methyl sites for hydroxylation is 1. The molecular formula is C19H24N4O3. The van der Waals surface area contributed by atoms with Crippen molar-refractivity contribution in [1.82, 2.24) is 19.5 Å². The highest BCUT2D eigenvalue weighted by atomic mass is 16.5. The lowest BCUT2D eigenvalue weighted by Gasteiger charge is -2.21. The van der Waals surface area contributed by atoms with Crippen molar-refractivity contribution in [3.8, 4) is 0 Å². The lowest BCUT2D eigenvalue weighted by atomic mass is 10.2. The van der Waals surface area contributed by atoms with Crippen molar-refractivity contribution < 1.29 is 9.32 Å². The Morgan fingerprint density at radius 2 is 2.12 bits per heavy atom. The van der Waals surface area contributed by atoms with Crippen LogP contribution < -0.4 is 5.56 Å². The lowest BCUT2D eigenvalue weighted by molar-refractivity contribution is 0.0758. The van der Waals surface area contributed by atoms with Gasteiger partial charge in [-0.25, -0.2) is 0 Å². The molecule has 0 atom stereocenters. The van der Waals surface area contributed by atoms with Crippen LogP contribution in [-0.4, -0.2) is 51.6 Å². The molecule has 0 unspecified atom stereocenters. The van der Waals surface area contributed by atoms with Crippen molar-refractivity contribution in [2.45, 2.75) is 31.7 Å². The summed E-state index contributed by atoms with van der Waals surface area (Å²) in [4.78, 5) is 29.0. The molecule has 7 heteroatoms. The molecule has 138 valence electrons. The average molecular weight is 356 g/mol. The molecule has 1 saturated heterocycles. The van der Waals surface area contributed by atoms with Gasteiger partial charge >= 0.3 is 0 Å². The first-order valence-electron chi connectivity index (χ1n) is 9.24. The van der Waals surface area contributed by atoms with Gasteiger partial charge in [0.25, 0.3) is 11.5 Å². The second-order valence-electron chi connectivity index (χ2n) is 7.25. The smallest absolute Gasteiger partial charge is 0.263 e. The maximum atomic E-state index is 12.7. The van der Waals surface area contributed by atoms with Gasteiger partial charge in [-0.15, -0.1) is 0 Å². The van der Waals surface area contributed by atoms with Gasteiger partial charge < -0.3 is 14.0 Å². The molecule has 3 heterocycles. The average Bonchev–Trinajstić information content (AvgIpc) is 3.42. The second kappa shape index (κ2) is 7.07. The molecule has 0 bridgehead atoms. The summed E-state index contributed by atoms with van der Waals surface area (Å²) < 4.78 is 6.87.